The average molecular weight is 446 g/mol. The zero-order chi connectivity index (χ0) is 21.0. The van der Waals surface area contributed by atoms with E-state index in [2.05, 4.69) is 0 Å². The molecule has 4 aliphatic carbocycles. The topological polar surface area (TPSA) is 49.8 Å². The quantitative estimate of drug-likeness (QED) is 0.646. The zero-order valence-corrected chi connectivity index (χ0v) is 18.4. The second kappa shape index (κ2) is 7.44. The van der Waals surface area contributed by atoms with Gasteiger partial charge in [-0.15, -0.1) is 0 Å². The van der Waals surface area contributed by atoms with Crippen LogP contribution in [0.1, 0.15) is 42.5 Å². The van der Waals surface area contributed by atoms with E-state index in [1.807, 2.05) is 11.9 Å². The van der Waals surface area contributed by atoms with E-state index in [0.717, 1.165) is 32.1 Å². The third-order valence-electron chi connectivity index (χ3n) is 7.18. The standard InChI is InChI=1S/C24H25Cl2NO3/c1-27(22-16-8-14-9-17(22)13-24(29,11-14)12-16)23(28)15-2-5-19(6-3-15)30-21-7-4-18(25)10-20(21)26/h2-7,10,14,16-17,22,29H,8-9,11-13H2,1H3. The van der Waals surface area contributed by atoms with Gasteiger partial charge in [-0.3, -0.25) is 4.79 Å². The van der Waals surface area contributed by atoms with Gasteiger partial charge in [-0.2, -0.15) is 0 Å². The molecule has 4 fully saturated rings. The molecule has 2 aromatic carbocycles. The van der Waals surface area contributed by atoms with Gasteiger partial charge < -0.3 is 14.7 Å². The summed E-state index contributed by atoms with van der Waals surface area (Å²) in [7, 11) is 1.91. The fraction of sp³-hybridized carbons (Fsp3) is 0.458. The molecule has 0 heterocycles. The van der Waals surface area contributed by atoms with E-state index < -0.39 is 5.60 Å². The number of ether oxygens (including phenoxy) is 1. The molecule has 0 spiro atoms. The molecule has 30 heavy (non-hydrogen) atoms. The Morgan fingerprint density at radius 2 is 1.73 bits per heavy atom. The summed E-state index contributed by atoms with van der Waals surface area (Å²) < 4.78 is 5.82. The molecule has 0 aromatic heterocycles. The first-order valence-electron chi connectivity index (χ1n) is 10.5. The first-order chi connectivity index (χ1) is 14.3. The number of nitrogens with zero attached hydrogens (tertiary/aromatic N) is 1. The van der Waals surface area contributed by atoms with Gasteiger partial charge in [0.2, 0.25) is 0 Å². The lowest BCUT2D eigenvalue weighted by Crippen LogP contribution is -2.61. The first kappa shape index (κ1) is 20.2. The van der Waals surface area contributed by atoms with Gasteiger partial charge in [0, 0.05) is 23.7 Å². The minimum absolute atomic E-state index is 0.0236. The molecule has 2 unspecified atom stereocenters. The Balaban J connectivity index is 1.29. The fourth-order valence-corrected chi connectivity index (χ4v) is 6.72. The van der Waals surface area contributed by atoms with Crippen LogP contribution in [0.4, 0.5) is 0 Å². The third-order valence-corrected chi connectivity index (χ3v) is 7.71. The predicted octanol–water partition coefficient (Wildman–Crippen LogP) is 5.80. The van der Waals surface area contributed by atoms with Crippen LogP contribution in [0.3, 0.4) is 0 Å². The minimum Gasteiger partial charge on any atom is -0.456 e. The minimum atomic E-state index is -0.487. The molecule has 4 nitrogen and oxygen atoms in total. The Bertz CT molecular complexity index is 961. The van der Waals surface area contributed by atoms with Crippen LogP contribution in [0.25, 0.3) is 0 Å². The van der Waals surface area contributed by atoms with Gasteiger partial charge >= 0.3 is 0 Å². The van der Waals surface area contributed by atoms with Gasteiger partial charge in [0.15, 0.2) is 0 Å². The van der Waals surface area contributed by atoms with Gasteiger partial charge in [0.1, 0.15) is 11.5 Å². The van der Waals surface area contributed by atoms with Crippen molar-refractivity contribution in [1.82, 2.24) is 4.90 Å². The van der Waals surface area contributed by atoms with Crippen molar-refractivity contribution < 1.29 is 14.6 Å². The summed E-state index contributed by atoms with van der Waals surface area (Å²) in [6.07, 6.45) is 4.88. The number of hydrogen-bond donors (Lipinski definition) is 1. The highest BCUT2D eigenvalue weighted by Gasteiger charge is 2.56. The molecule has 2 atom stereocenters. The smallest absolute Gasteiger partial charge is 0.253 e. The summed E-state index contributed by atoms with van der Waals surface area (Å²) in [5.41, 5.74) is 0.151. The number of carbonyl (C=O) groups is 1. The number of aliphatic hydroxyl groups is 1. The first-order valence-corrected chi connectivity index (χ1v) is 11.3. The van der Waals surface area contributed by atoms with E-state index in [-0.39, 0.29) is 11.9 Å². The maximum Gasteiger partial charge on any atom is 0.253 e. The number of carbonyl (C=O) groups excluding carboxylic acids is 1. The molecule has 1 N–H and O–H groups in total. The molecule has 0 saturated heterocycles. The second-order valence-corrected chi connectivity index (χ2v) is 10.1. The number of hydrogen-bond acceptors (Lipinski definition) is 3. The largest absolute Gasteiger partial charge is 0.456 e. The van der Waals surface area contributed by atoms with E-state index in [1.54, 1.807) is 42.5 Å². The third kappa shape index (κ3) is 3.59. The maximum absolute atomic E-state index is 13.2. The Labute approximate surface area is 186 Å². The molecule has 158 valence electrons. The molecular formula is C24H25Cl2NO3. The summed E-state index contributed by atoms with van der Waals surface area (Å²) in [4.78, 5) is 15.1. The van der Waals surface area contributed by atoms with Crippen LogP contribution in [0, 0.1) is 17.8 Å². The van der Waals surface area contributed by atoms with Crippen molar-refractivity contribution in [2.45, 2.75) is 43.7 Å². The van der Waals surface area contributed by atoms with Crippen molar-refractivity contribution in [3.63, 3.8) is 0 Å². The van der Waals surface area contributed by atoms with Gasteiger partial charge in [0.05, 0.1) is 10.6 Å². The Morgan fingerprint density at radius 3 is 2.33 bits per heavy atom. The van der Waals surface area contributed by atoms with Crippen molar-refractivity contribution >= 4 is 29.1 Å². The molecule has 4 saturated carbocycles. The molecule has 0 radical (unpaired) electrons. The van der Waals surface area contributed by atoms with Crippen LogP contribution >= 0.6 is 23.2 Å². The Hall–Kier alpha value is -1.75. The molecule has 4 aliphatic rings. The van der Waals surface area contributed by atoms with Crippen LogP contribution in [-0.4, -0.2) is 34.6 Å². The van der Waals surface area contributed by atoms with Gasteiger partial charge in [-0.1, -0.05) is 23.2 Å². The average Bonchev–Trinajstić information content (AvgIpc) is 2.68. The van der Waals surface area contributed by atoms with Crippen molar-refractivity contribution in [2.24, 2.45) is 17.8 Å². The molecule has 6 heteroatoms. The SMILES string of the molecule is CN(C(=O)c1ccc(Oc2ccc(Cl)cc2Cl)cc1)C1C2CC3CC1CC(O)(C3)C2. The summed E-state index contributed by atoms with van der Waals surface area (Å²) >= 11 is 12.1. The van der Waals surface area contributed by atoms with Gasteiger partial charge in [-0.25, -0.2) is 0 Å². The van der Waals surface area contributed by atoms with Gasteiger partial charge in [0.25, 0.3) is 5.91 Å². The van der Waals surface area contributed by atoms with Gasteiger partial charge in [-0.05, 0) is 92.3 Å². The van der Waals surface area contributed by atoms with Crippen LogP contribution in [0.5, 0.6) is 11.5 Å². The number of halogens is 2. The van der Waals surface area contributed by atoms with Crippen molar-refractivity contribution in [3.05, 3.63) is 58.1 Å². The summed E-state index contributed by atoms with van der Waals surface area (Å²) in [5.74, 6) is 2.59. The number of amides is 1. The molecular weight excluding hydrogens is 421 g/mol. The van der Waals surface area contributed by atoms with Crippen molar-refractivity contribution in [3.8, 4) is 11.5 Å². The highest BCUT2D eigenvalue weighted by Crippen LogP contribution is 2.56. The van der Waals surface area contributed by atoms with Crippen LogP contribution in [0.15, 0.2) is 42.5 Å². The van der Waals surface area contributed by atoms with Crippen LogP contribution in [-0.2, 0) is 0 Å². The Morgan fingerprint density at radius 1 is 1.07 bits per heavy atom. The van der Waals surface area contributed by atoms with Crippen molar-refractivity contribution in [2.75, 3.05) is 7.05 Å². The van der Waals surface area contributed by atoms with E-state index in [9.17, 15) is 9.90 Å². The number of benzene rings is 2. The van der Waals surface area contributed by atoms with E-state index in [1.165, 1.54) is 0 Å². The highest BCUT2D eigenvalue weighted by atomic mass is 35.5. The lowest BCUT2D eigenvalue weighted by atomic mass is 9.52. The molecule has 1 amide bonds. The lowest BCUT2D eigenvalue weighted by Gasteiger charge is -2.59. The van der Waals surface area contributed by atoms with Crippen LogP contribution in [0.2, 0.25) is 10.0 Å². The number of rotatable bonds is 4. The fourth-order valence-electron chi connectivity index (χ4n) is 6.28. The normalized spacial score (nSPS) is 31.6. The summed E-state index contributed by atoms with van der Waals surface area (Å²) in [6.45, 7) is 0. The van der Waals surface area contributed by atoms with Crippen molar-refractivity contribution in [1.29, 1.82) is 0 Å². The second-order valence-electron chi connectivity index (χ2n) is 9.30. The predicted molar refractivity (Wildman–Crippen MR) is 117 cm³/mol. The molecule has 0 aliphatic heterocycles. The monoisotopic (exact) mass is 445 g/mol. The lowest BCUT2D eigenvalue weighted by molar-refractivity contribution is -0.152. The summed E-state index contributed by atoms with van der Waals surface area (Å²) in [6, 6.07) is 12.4. The highest BCUT2D eigenvalue weighted by molar-refractivity contribution is 6.35. The summed E-state index contributed by atoms with van der Waals surface area (Å²) in [5, 5.41) is 11.8. The van der Waals surface area contributed by atoms with Crippen LogP contribution < -0.4 is 4.74 Å². The molecule has 4 bridgehead atoms. The van der Waals surface area contributed by atoms with E-state index >= 15 is 0 Å². The zero-order valence-electron chi connectivity index (χ0n) is 16.9. The molecule has 2 aromatic rings. The maximum atomic E-state index is 13.2. The van der Waals surface area contributed by atoms with E-state index in [4.69, 9.17) is 27.9 Å². The Kier molecular flexibility index (Phi) is 5.00. The molecule has 6 rings (SSSR count). The van der Waals surface area contributed by atoms with E-state index in [0.29, 0.717) is 44.9 Å².